The van der Waals surface area contributed by atoms with Crippen LogP contribution in [0.2, 0.25) is 0 Å². The molecule has 0 heterocycles. The maximum atomic E-state index is 10.7. The molecule has 6 N–H and O–H groups in total. The van der Waals surface area contributed by atoms with Gasteiger partial charge in [-0.15, -0.1) is 0 Å². The summed E-state index contributed by atoms with van der Waals surface area (Å²) in [4.78, 5) is 21.2. The van der Waals surface area contributed by atoms with E-state index in [0.29, 0.717) is 18.8 Å². The van der Waals surface area contributed by atoms with Gasteiger partial charge in [-0.2, -0.15) is 0 Å². The number of amides is 3. The SMILES string of the molecule is CC(NCCOCC(N)=O)c1ccc(NC(N)=O)cc1. The summed E-state index contributed by atoms with van der Waals surface area (Å²) in [5.74, 6) is -0.476. The van der Waals surface area contributed by atoms with Crippen LogP contribution in [0.4, 0.5) is 10.5 Å². The summed E-state index contributed by atoms with van der Waals surface area (Å²) in [6, 6.07) is 6.88. The number of rotatable bonds is 8. The minimum Gasteiger partial charge on any atom is -0.370 e. The first-order valence-corrected chi connectivity index (χ1v) is 6.25. The van der Waals surface area contributed by atoms with E-state index in [2.05, 4.69) is 10.6 Å². The van der Waals surface area contributed by atoms with Crippen molar-refractivity contribution in [2.75, 3.05) is 25.1 Å². The molecule has 1 unspecified atom stereocenters. The summed E-state index contributed by atoms with van der Waals surface area (Å²) >= 11 is 0. The molecule has 3 amide bonds. The van der Waals surface area contributed by atoms with E-state index < -0.39 is 11.9 Å². The summed E-state index contributed by atoms with van der Waals surface area (Å²) < 4.78 is 5.05. The fourth-order valence-electron chi connectivity index (χ4n) is 1.64. The summed E-state index contributed by atoms with van der Waals surface area (Å²) in [7, 11) is 0. The molecule has 1 atom stereocenters. The van der Waals surface area contributed by atoms with Crippen molar-refractivity contribution >= 4 is 17.6 Å². The number of nitrogens with one attached hydrogen (secondary N) is 2. The summed E-state index contributed by atoms with van der Waals surface area (Å²) in [6.07, 6.45) is 0. The number of hydrogen-bond acceptors (Lipinski definition) is 4. The Morgan fingerprint density at radius 2 is 1.90 bits per heavy atom. The number of urea groups is 1. The zero-order valence-corrected chi connectivity index (χ0v) is 11.4. The van der Waals surface area contributed by atoms with E-state index in [1.807, 2.05) is 19.1 Å². The lowest BCUT2D eigenvalue weighted by molar-refractivity contribution is -0.122. The lowest BCUT2D eigenvalue weighted by Gasteiger charge is -2.14. The van der Waals surface area contributed by atoms with Gasteiger partial charge >= 0.3 is 6.03 Å². The van der Waals surface area contributed by atoms with Crippen molar-refractivity contribution in [3.8, 4) is 0 Å². The number of hydrogen-bond donors (Lipinski definition) is 4. The molecule has 20 heavy (non-hydrogen) atoms. The quantitative estimate of drug-likeness (QED) is 0.513. The highest BCUT2D eigenvalue weighted by Gasteiger charge is 2.05. The van der Waals surface area contributed by atoms with Crippen LogP contribution >= 0.6 is 0 Å². The van der Waals surface area contributed by atoms with Crippen molar-refractivity contribution in [3.63, 3.8) is 0 Å². The van der Waals surface area contributed by atoms with Crippen LogP contribution in [0.3, 0.4) is 0 Å². The first-order chi connectivity index (χ1) is 9.49. The Morgan fingerprint density at radius 1 is 1.25 bits per heavy atom. The third-order valence-corrected chi connectivity index (χ3v) is 2.62. The van der Waals surface area contributed by atoms with Gasteiger partial charge in [-0.1, -0.05) is 12.1 Å². The van der Waals surface area contributed by atoms with Crippen molar-refractivity contribution < 1.29 is 14.3 Å². The number of nitrogens with two attached hydrogens (primary N) is 2. The van der Waals surface area contributed by atoms with Gasteiger partial charge in [0.2, 0.25) is 5.91 Å². The number of primary amides is 2. The molecule has 0 saturated heterocycles. The molecule has 1 aromatic carbocycles. The Balaban J connectivity index is 2.34. The van der Waals surface area contributed by atoms with Gasteiger partial charge < -0.3 is 26.8 Å². The van der Waals surface area contributed by atoms with E-state index in [9.17, 15) is 9.59 Å². The molecule has 7 heteroatoms. The Hall–Kier alpha value is -2.12. The Morgan fingerprint density at radius 3 is 2.45 bits per heavy atom. The Kier molecular flexibility index (Phi) is 6.48. The maximum absolute atomic E-state index is 10.7. The van der Waals surface area contributed by atoms with Gasteiger partial charge in [-0.25, -0.2) is 4.79 Å². The third-order valence-electron chi connectivity index (χ3n) is 2.62. The number of benzene rings is 1. The number of ether oxygens (including phenoxy) is 1. The van der Waals surface area contributed by atoms with E-state index in [-0.39, 0.29) is 12.6 Å². The van der Waals surface area contributed by atoms with E-state index in [1.54, 1.807) is 12.1 Å². The van der Waals surface area contributed by atoms with Crippen LogP contribution in [0, 0.1) is 0 Å². The minimum atomic E-state index is -0.587. The minimum absolute atomic E-state index is 0.0659. The van der Waals surface area contributed by atoms with Gasteiger partial charge in [-0.3, -0.25) is 4.79 Å². The molecule has 7 nitrogen and oxygen atoms in total. The van der Waals surface area contributed by atoms with Crippen LogP contribution in [0.15, 0.2) is 24.3 Å². The van der Waals surface area contributed by atoms with E-state index >= 15 is 0 Å². The van der Waals surface area contributed by atoms with E-state index in [0.717, 1.165) is 5.56 Å². The fourth-order valence-corrected chi connectivity index (χ4v) is 1.64. The highest BCUT2D eigenvalue weighted by Crippen LogP contribution is 2.15. The normalized spacial score (nSPS) is 11.8. The molecular formula is C13H20N4O3. The van der Waals surface area contributed by atoms with Gasteiger partial charge in [-0.05, 0) is 24.6 Å². The number of carbonyl (C=O) groups is 2. The molecule has 1 aromatic rings. The number of carbonyl (C=O) groups excluding carboxylic acids is 2. The summed E-state index contributed by atoms with van der Waals surface area (Å²) in [6.45, 7) is 2.96. The van der Waals surface area contributed by atoms with Crippen molar-refractivity contribution in [3.05, 3.63) is 29.8 Å². The lowest BCUT2D eigenvalue weighted by Crippen LogP contribution is -2.26. The van der Waals surface area contributed by atoms with E-state index in [1.165, 1.54) is 0 Å². The molecule has 0 aliphatic heterocycles. The average Bonchev–Trinajstić information content (AvgIpc) is 2.38. The third kappa shape index (κ3) is 6.17. The first kappa shape index (κ1) is 15.9. The van der Waals surface area contributed by atoms with E-state index in [4.69, 9.17) is 16.2 Å². The van der Waals surface area contributed by atoms with Crippen molar-refractivity contribution in [1.29, 1.82) is 0 Å². The second-order valence-electron chi connectivity index (χ2n) is 4.31. The lowest BCUT2D eigenvalue weighted by atomic mass is 10.1. The van der Waals surface area contributed by atoms with Crippen LogP contribution in [0.25, 0.3) is 0 Å². The molecule has 0 saturated carbocycles. The maximum Gasteiger partial charge on any atom is 0.316 e. The standard InChI is InChI=1S/C13H20N4O3/c1-9(16-6-7-20-8-12(14)18)10-2-4-11(5-3-10)17-13(15)19/h2-5,9,16H,6-8H2,1H3,(H2,14,18)(H3,15,17,19). The second-order valence-corrected chi connectivity index (χ2v) is 4.31. The smallest absolute Gasteiger partial charge is 0.316 e. The van der Waals surface area contributed by atoms with Gasteiger partial charge in [0.05, 0.1) is 6.61 Å². The van der Waals surface area contributed by atoms with Crippen LogP contribution < -0.4 is 22.1 Å². The van der Waals surface area contributed by atoms with Crippen molar-refractivity contribution in [2.24, 2.45) is 11.5 Å². The molecule has 0 fully saturated rings. The largest absolute Gasteiger partial charge is 0.370 e. The zero-order chi connectivity index (χ0) is 15.0. The second kappa shape index (κ2) is 8.13. The van der Waals surface area contributed by atoms with Gasteiger partial charge in [0.1, 0.15) is 6.61 Å². The van der Waals surface area contributed by atoms with Crippen LogP contribution in [-0.4, -0.2) is 31.7 Å². The Bertz CT molecular complexity index is 447. The van der Waals surface area contributed by atoms with Crippen molar-refractivity contribution in [2.45, 2.75) is 13.0 Å². The average molecular weight is 280 g/mol. The topological polar surface area (TPSA) is 119 Å². The fraction of sp³-hybridized carbons (Fsp3) is 0.385. The summed E-state index contributed by atoms with van der Waals surface area (Å²) in [5.41, 5.74) is 11.7. The molecular weight excluding hydrogens is 260 g/mol. The first-order valence-electron chi connectivity index (χ1n) is 6.25. The predicted octanol–water partition coefficient (Wildman–Crippen LogP) is 0.330. The molecule has 0 radical (unpaired) electrons. The molecule has 0 bridgehead atoms. The highest BCUT2D eigenvalue weighted by molar-refractivity contribution is 5.87. The van der Waals surface area contributed by atoms with Gasteiger partial charge in [0, 0.05) is 18.3 Å². The monoisotopic (exact) mass is 280 g/mol. The van der Waals surface area contributed by atoms with Crippen molar-refractivity contribution in [1.82, 2.24) is 5.32 Å². The van der Waals surface area contributed by atoms with Gasteiger partial charge in [0.25, 0.3) is 0 Å². The van der Waals surface area contributed by atoms with Crippen LogP contribution in [0.1, 0.15) is 18.5 Å². The van der Waals surface area contributed by atoms with Crippen LogP contribution in [0.5, 0.6) is 0 Å². The molecule has 0 spiro atoms. The predicted molar refractivity (Wildman–Crippen MR) is 76.1 cm³/mol. The summed E-state index contributed by atoms with van der Waals surface area (Å²) in [5, 5.41) is 5.74. The van der Waals surface area contributed by atoms with Crippen LogP contribution in [-0.2, 0) is 9.53 Å². The molecule has 0 aliphatic rings. The van der Waals surface area contributed by atoms with Gasteiger partial charge in [0.15, 0.2) is 0 Å². The molecule has 0 aromatic heterocycles. The number of anilines is 1. The highest BCUT2D eigenvalue weighted by atomic mass is 16.5. The molecule has 110 valence electrons. The molecule has 1 rings (SSSR count). The Labute approximate surface area is 117 Å². The molecule has 0 aliphatic carbocycles. The zero-order valence-electron chi connectivity index (χ0n) is 11.4.